The summed E-state index contributed by atoms with van der Waals surface area (Å²) in [5.41, 5.74) is 1.04. The highest BCUT2D eigenvalue weighted by molar-refractivity contribution is 8.00. The predicted molar refractivity (Wildman–Crippen MR) is 69.8 cm³/mol. The summed E-state index contributed by atoms with van der Waals surface area (Å²) in [5, 5.41) is 8.74. The number of carboxylic acids is 1. The van der Waals surface area contributed by atoms with Gasteiger partial charge in [0.15, 0.2) is 0 Å². The number of hydrogen-bond acceptors (Lipinski definition) is 3. The van der Waals surface area contributed by atoms with Gasteiger partial charge < -0.3 is 9.84 Å². The molecular formula is C13H18O3S. The number of methoxy groups -OCH3 is 1. The van der Waals surface area contributed by atoms with E-state index in [9.17, 15) is 4.79 Å². The molecule has 0 saturated carbocycles. The number of carbonyl (C=O) groups is 1. The summed E-state index contributed by atoms with van der Waals surface area (Å²) < 4.78 is 5.12. The second kappa shape index (κ2) is 5.96. The molecule has 0 aliphatic rings. The van der Waals surface area contributed by atoms with Crippen LogP contribution in [0.25, 0.3) is 0 Å². The number of thioether (sulfide) groups is 1. The van der Waals surface area contributed by atoms with E-state index in [1.165, 1.54) is 11.8 Å². The molecule has 1 unspecified atom stereocenters. The van der Waals surface area contributed by atoms with Crippen molar-refractivity contribution in [1.29, 1.82) is 0 Å². The molecule has 0 fully saturated rings. The topological polar surface area (TPSA) is 46.5 Å². The highest BCUT2D eigenvalue weighted by Gasteiger charge is 2.23. The Morgan fingerprint density at radius 2 is 2.06 bits per heavy atom. The molecule has 17 heavy (non-hydrogen) atoms. The molecule has 1 aromatic rings. The van der Waals surface area contributed by atoms with Crippen molar-refractivity contribution in [3.05, 3.63) is 23.8 Å². The summed E-state index contributed by atoms with van der Waals surface area (Å²) in [5.74, 6) is 0.127. The highest BCUT2D eigenvalue weighted by Crippen LogP contribution is 2.32. The molecule has 1 rings (SSSR count). The summed E-state index contributed by atoms with van der Waals surface area (Å²) in [6, 6.07) is 5.69. The third-order valence-electron chi connectivity index (χ3n) is 2.48. The Bertz CT molecular complexity index is 402. The molecule has 1 N–H and O–H groups in total. The number of hydrogen-bond donors (Lipinski definition) is 1. The molecule has 0 aliphatic carbocycles. The monoisotopic (exact) mass is 254 g/mol. The molecule has 4 heteroatoms. The van der Waals surface area contributed by atoms with E-state index in [4.69, 9.17) is 9.84 Å². The van der Waals surface area contributed by atoms with Crippen molar-refractivity contribution in [3.63, 3.8) is 0 Å². The van der Waals surface area contributed by atoms with Crippen molar-refractivity contribution >= 4 is 17.7 Å². The fraction of sp³-hybridized carbons (Fsp3) is 0.462. The highest BCUT2D eigenvalue weighted by atomic mass is 32.2. The third-order valence-corrected chi connectivity index (χ3v) is 4.20. The molecule has 0 bridgehead atoms. The van der Waals surface area contributed by atoms with Crippen LogP contribution in [0, 0.1) is 12.8 Å². The van der Waals surface area contributed by atoms with Gasteiger partial charge in [-0.3, -0.25) is 4.79 Å². The van der Waals surface area contributed by atoms with E-state index in [0.29, 0.717) is 0 Å². The molecule has 0 heterocycles. The maximum absolute atomic E-state index is 11.1. The van der Waals surface area contributed by atoms with E-state index >= 15 is 0 Å². The van der Waals surface area contributed by atoms with Crippen molar-refractivity contribution in [1.82, 2.24) is 0 Å². The fourth-order valence-corrected chi connectivity index (χ4v) is 2.53. The number of carboxylic acid groups (broad SMARTS) is 1. The standard InChI is InChI=1S/C13H18O3S/c1-8(2)12(13(14)15)17-11-6-5-10(16-4)7-9(11)3/h5-8,12H,1-4H3,(H,14,15). The Hall–Kier alpha value is -1.16. The van der Waals surface area contributed by atoms with Crippen LogP contribution in [0.2, 0.25) is 0 Å². The summed E-state index contributed by atoms with van der Waals surface area (Å²) in [6.45, 7) is 5.80. The van der Waals surface area contributed by atoms with Gasteiger partial charge >= 0.3 is 5.97 Å². The second-order valence-electron chi connectivity index (χ2n) is 4.25. The van der Waals surface area contributed by atoms with Gasteiger partial charge in [0.25, 0.3) is 0 Å². The second-order valence-corrected chi connectivity index (χ2v) is 5.44. The van der Waals surface area contributed by atoms with Gasteiger partial charge in [-0.1, -0.05) is 13.8 Å². The largest absolute Gasteiger partial charge is 0.497 e. The van der Waals surface area contributed by atoms with Crippen LogP contribution >= 0.6 is 11.8 Å². The lowest BCUT2D eigenvalue weighted by Crippen LogP contribution is -2.22. The van der Waals surface area contributed by atoms with Crippen LogP contribution in [0.4, 0.5) is 0 Å². The zero-order chi connectivity index (χ0) is 13.0. The first-order chi connectivity index (χ1) is 7.95. The van der Waals surface area contributed by atoms with E-state index in [1.807, 2.05) is 39.0 Å². The van der Waals surface area contributed by atoms with Gasteiger partial charge in [-0.05, 0) is 36.6 Å². The number of aliphatic carboxylic acids is 1. The average Bonchev–Trinajstić information content (AvgIpc) is 2.26. The summed E-state index contributed by atoms with van der Waals surface area (Å²) >= 11 is 1.40. The van der Waals surface area contributed by atoms with Gasteiger partial charge in [-0.25, -0.2) is 0 Å². The molecule has 0 aromatic heterocycles. The van der Waals surface area contributed by atoms with Crippen molar-refractivity contribution in [2.24, 2.45) is 5.92 Å². The predicted octanol–water partition coefficient (Wildman–Crippen LogP) is 3.20. The molecular weight excluding hydrogens is 236 g/mol. The van der Waals surface area contributed by atoms with Crippen LogP contribution in [-0.2, 0) is 4.79 Å². The van der Waals surface area contributed by atoms with Crippen molar-refractivity contribution in [2.75, 3.05) is 7.11 Å². The van der Waals surface area contributed by atoms with E-state index in [1.54, 1.807) is 7.11 Å². The summed E-state index contributed by atoms with van der Waals surface area (Å²) in [7, 11) is 1.62. The number of rotatable bonds is 5. The normalized spacial score (nSPS) is 12.5. The lowest BCUT2D eigenvalue weighted by Gasteiger charge is -2.17. The van der Waals surface area contributed by atoms with Crippen LogP contribution in [-0.4, -0.2) is 23.4 Å². The van der Waals surface area contributed by atoms with Gasteiger partial charge in [-0.2, -0.15) is 0 Å². The first-order valence-electron chi connectivity index (χ1n) is 5.49. The fourth-order valence-electron chi connectivity index (χ4n) is 1.49. The minimum absolute atomic E-state index is 0.0963. The molecule has 0 aliphatic heterocycles. The molecule has 0 amide bonds. The minimum atomic E-state index is -0.764. The van der Waals surface area contributed by atoms with Crippen LogP contribution in [0.3, 0.4) is 0 Å². The van der Waals surface area contributed by atoms with Gasteiger partial charge in [0, 0.05) is 4.90 Å². The lowest BCUT2D eigenvalue weighted by atomic mass is 10.1. The van der Waals surface area contributed by atoms with Crippen LogP contribution in [0.5, 0.6) is 5.75 Å². The van der Waals surface area contributed by atoms with Gasteiger partial charge in [-0.15, -0.1) is 11.8 Å². The van der Waals surface area contributed by atoms with Crippen LogP contribution in [0.15, 0.2) is 23.1 Å². The Morgan fingerprint density at radius 3 is 2.47 bits per heavy atom. The zero-order valence-corrected chi connectivity index (χ0v) is 11.4. The Labute approximate surface area is 106 Å². The minimum Gasteiger partial charge on any atom is -0.497 e. The van der Waals surface area contributed by atoms with Gasteiger partial charge in [0.05, 0.1) is 7.11 Å². The quantitative estimate of drug-likeness (QED) is 0.820. The molecule has 1 atom stereocenters. The molecule has 3 nitrogen and oxygen atoms in total. The number of ether oxygens (including phenoxy) is 1. The van der Waals surface area contributed by atoms with Crippen LogP contribution < -0.4 is 4.74 Å². The molecule has 94 valence electrons. The maximum Gasteiger partial charge on any atom is 0.317 e. The van der Waals surface area contributed by atoms with E-state index in [2.05, 4.69) is 0 Å². The van der Waals surface area contributed by atoms with Crippen LogP contribution in [0.1, 0.15) is 19.4 Å². The molecule has 0 radical (unpaired) electrons. The average molecular weight is 254 g/mol. The number of benzene rings is 1. The smallest absolute Gasteiger partial charge is 0.317 e. The Morgan fingerprint density at radius 1 is 1.41 bits per heavy atom. The Balaban J connectivity index is 2.90. The zero-order valence-electron chi connectivity index (χ0n) is 10.6. The van der Waals surface area contributed by atoms with Crippen molar-refractivity contribution < 1.29 is 14.6 Å². The third kappa shape index (κ3) is 3.66. The van der Waals surface area contributed by atoms with Gasteiger partial charge in [0.1, 0.15) is 11.0 Å². The summed E-state index contributed by atoms with van der Waals surface area (Å²) in [4.78, 5) is 12.1. The van der Waals surface area contributed by atoms with E-state index < -0.39 is 11.2 Å². The summed E-state index contributed by atoms with van der Waals surface area (Å²) in [6.07, 6.45) is 0. The first-order valence-corrected chi connectivity index (χ1v) is 6.37. The molecule has 0 saturated heterocycles. The first kappa shape index (κ1) is 13.9. The van der Waals surface area contributed by atoms with Gasteiger partial charge in [0.2, 0.25) is 0 Å². The van der Waals surface area contributed by atoms with Crippen molar-refractivity contribution in [3.8, 4) is 5.75 Å². The van der Waals surface area contributed by atoms with Crippen molar-refractivity contribution in [2.45, 2.75) is 30.9 Å². The Kier molecular flexibility index (Phi) is 4.87. The SMILES string of the molecule is COc1ccc(SC(C(=O)O)C(C)C)c(C)c1. The molecule has 0 spiro atoms. The maximum atomic E-state index is 11.1. The number of aryl methyl sites for hydroxylation is 1. The lowest BCUT2D eigenvalue weighted by molar-refractivity contribution is -0.137. The molecule has 1 aromatic carbocycles. The van der Waals surface area contributed by atoms with E-state index in [0.717, 1.165) is 16.2 Å². The van der Waals surface area contributed by atoms with E-state index in [-0.39, 0.29) is 5.92 Å².